The van der Waals surface area contributed by atoms with E-state index in [1.165, 1.54) is 0 Å². The number of hydrogen-bond acceptors (Lipinski definition) is 2. The minimum absolute atomic E-state index is 0.469. The molecule has 0 unspecified atom stereocenters. The van der Waals surface area contributed by atoms with Crippen LogP contribution in [0.4, 0.5) is 0 Å². The van der Waals surface area contributed by atoms with E-state index in [9.17, 15) is 5.11 Å². The number of aliphatic hydroxyl groups is 1. The first-order chi connectivity index (χ1) is 7.50. The van der Waals surface area contributed by atoms with Gasteiger partial charge in [-0.05, 0) is 26.0 Å². The normalized spacial score (nSPS) is 11.8. The molecule has 0 aliphatic heterocycles. The summed E-state index contributed by atoms with van der Waals surface area (Å²) in [6.45, 7) is 3.38. The first kappa shape index (κ1) is 11.2. The predicted molar refractivity (Wildman–Crippen MR) is 63.8 cm³/mol. The first-order valence-corrected chi connectivity index (χ1v) is 5.40. The highest BCUT2D eigenvalue weighted by Crippen LogP contribution is 2.29. The van der Waals surface area contributed by atoms with E-state index in [1.807, 2.05) is 30.3 Å². The van der Waals surface area contributed by atoms with Crippen LogP contribution >= 0.6 is 11.6 Å². The van der Waals surface area contributed by atoms with Crippen LogP contribution in [0.2, 0.25) is 5.02 Å². The van der Waals surface area contributed by atoms with Crippen molar-refractivity contribution < 1.29 is 5.11 Å². The summed E-state index contributed by atoms with van der Waals surface area (Å²) in [5, 5.41) is 14.7. The molecule has 1 N–H and O–H groups in total. The van der Waals surface area contributed by atoms with Gasteiger partial charge in [0.05, 0.1) is 22.6 Å². The van der Waals surface area contributed by atoms with Crippen LogP contribution in [0, 0.1) is 0 Å². The van der Waals surface area contributed by atoms with Crippen LogP contribution in [0.15, 0.2) is 36.5 Å². The lowest BCUT2D eigenvalue weighted by Crippen LogP contribution is -2.21. The van der Waals surface area contributed by atoms with Crippen LogP contribution in [0.25, 0.3) is 5.69 Å². The largest absolute Gasteiger partial charge is 0.384 e. The minimum atomic E-state index is -1.02. The van der Waals surface area contributed by atoms with Gasteiger partial charge in [-0.1, -0.05) is 29.8 Å². The average molecular weight is 237 g/mol. The SMILES string of the molecule is CC(C)(O)c1c(Cl)cnn1-c1ccccc1. The summed E-state index contributed by atoms with van der Waals surface area (Å²) in [6, 6.07) is 9.59. The van der Waals surface area contributed by atoms with E-state index in [-0.39, 0.29) is 0 Å². The number of aromatic nitrogens is 2. The van der Waals surface area contributed by atoms with Crippen LogP contribution in [0.1, 0.15) is 19.5 Å². The Hall–Kier alpha value is -1.32. The Morgan fingerprint density at radius 1 is 1.25 bits per heavy atom. The fourth-order valence-corrected chi connectivity index (χ4v) is 2.00. The molecule has 0 amide bonds. The zero-order valence-corrected chi connectivity index (χ0v) is 9.94. The monoisotopic (exact) mass is 236 g/mol. The maximum atomic E-state index is 10.1. The molecule has 1 aromatic heterocycles. The molecule has 2 aromatic rings. The summed E-state index contributed by atoms with van der Waals surface area (Å²) >= 11 is 6.04. The molecule has 0 spiro atoms. The number of benzene rings is 1. The first-order valence-electron chi connectivity index (χ1n) is 5.02. The van der Waals surface area contributed by atoms with E-state index in [0.717, 1.165) is 5.69 Å². The second kappa shape index (κ2) is 3.92. The third-order valence-electron chi connectivity index (χ3n) is 2.30. The third-order valence-corrected chi connectivity index (χ3v) is 2.58. The second-order valence-electron chi connectivity index (χ2n) is 4.15. The Bertz CT molecular complexity index is 485. The molecule has 0 fully saturated rings. The maximum Gasteiger partial charge on any atom is 0.103 e. The summed E-state index contributed by atoms with van der Waals surface area (Å²) in [6.07, 6.45) is 1.54. The number of hydrogen-bond donors (Lipinski definition) is 1. The Morgan fingerprint density at radius 3 is 2.44 bits per heavy atom. The highest BCUT2D eigenvalue weighted by Gasteiger charge is 2.25. The van der Waals surface area contributed by atoms with Crippen LogP contribution in [-0.4, -0.2) is 14.9 Å². The van der Waals surface area contributed by atoms with E-state index in [4.69, 9.17) is 11.6 Å². The van der Waals surface area contributed by atoms with Crippen molar-refractivity contribution in [2.45, 2.75) is 19.4 Å². The highest BCUT2D eigenvalue weighted by molar-refractivity contribution is 6.31. The molecule has 16 heavy (non-hydrogen) atoms. The van der Waals surface area contributed by atoms with Gasteiger partial charge in [0.1, 0.15) is 5.60 Å². The third kappa shape index (κ3) is 1.96. The molecular weight excluding hydrogens is 224 g/mol. The smallest absolute Gasteiger partial charge is 0.103 e. The van der Waals surface area contributed by atoms with Crippen molar-refractivity contribution in [2.24, 2.45) is 0 Å². The van der Waals surface area contributed by atoms with Gasteiger partial charge in [0, 0.05) is 0 Å². The van der Waals surface area contributed by atoms with Crippen molar-refractivity contribution in [3.8, 4) is 5.69 Å². The summed E-state index contributed by atoms with van der Waals surface area (Å²) in [4.78, 5) is 0. The standard InChI is InChI=1S/C12H13ClN2O/c1-12(2,16)11-10(13)8-14-15(11)9-6-4-3-5-7-9/h3-8,16H,1-2H3. The fourth-order valence-electron chi connectivity index (χ4n) is 1.64. The molecule has 0 aliphatic carbocycles. The Balaban J connectivity index is 2.60. The van der Waals surface area contributed by atoms with Gasteiger partial charge in [0.25, 0.3) is 0 Å². The van der Waals surface area contributed by atoms with Crippen molar-refractivity contribution in [3.63, 3.8) is 0 Å². The molecule has 0 bridgehead atoms. The van der Waals surface area contributed by atoms with Crippen molar-refractivity contribution in [2.75, 3.05) is 0 Å². The second-order valence-corrected chi connectivity index (χ2v) is 4.55. The van der Waals surface area contributed by atoms with E-state index in [1.54, 1.807) is 24.7 Å². The van der Waals surface area contributed by atoms with Crippen molar-refractivity contribution in [3.05, 3.63) is 47.2 Å². The molecule has 0 atom stereocenters. The molecule has 1 heterocycles. The van der Waals surface area contributed by atoms with Gasteiger partial charge in [-0.25, -0.2) is 4.68 Å². The van der Waals surface area contributed by atoms with E-state index >= 15 is 0 Å². The van der Waals surface area contributed by atoms with Crippen molar-refractivity contribution >= 4 is 11.6 Å². The van der Waals surface area contributed by atoms with Gasteiger partial charge >= 0.3 is 0 Å². The fraction of sp³-hybridized carbons (Fsp3) is 0.250. The highest BCUT2D eigenvalue weighted by atomic mass is 35.5. The summed E-state index contributed by atoms with van der Waals surface area (Å²) < 4.78 is 1.66. The predicted octanol–water partition coefficient (Wildman–Crippen LogP) is 2.75. The molecule has 0 aliphatic rings. The number of rotatable bonds is 2. The van der Waals surface area contributed by atoms with Crippen LogP contribution in [0.5, 0.6) is 0 Å². The Labute approximate surface area is 99.3 Å². The topological polar surface area (TPSA) is 38.1 Å². The molecule has 2 rings (SSSR count). The van der Waals surface area contributed by atoms with Gasteiger partial charge in [-0.3, -0.25) is 0 Å². The molecular formula is C12H13ClN2O. The number of halogens is 1. The number of para-hydroxylation sites is 1. The molecule has 0 saturated carbocycles. The number of nitrogens with zero attached hydrogens (tertiary/aromatic N) is 2. The van der Waals surface area contributed by atoms with Gasteiger partial charge < -0.3 is 5.11 Å². The van der Waals surface area contributed by atoms with Crippen LogP contribution in [-0.2, 0) is 5.60 Å². The summed E-state index contributed by atoms with van der Waals surface area (Å²) in [7, 11) is 0. The van der Waals surface area contributed by atoms with Gasteiger partial charge in [-0.15, -0.1) is 0 Å². The average Bonchev–Trinajstić information content (AvgIpc) is 2.61. The van der Waals surface area contributed by atoms with Gasteiger partial charge in [-0.2, -0.15) is 5.10 Å². The quantitative estimate of drug-likeness (QED) is 0.871. The molecule has 84 valence electrons. The van der Waals surface area contributed by atoms with E-state index in [2.05, 4.69) is 5.10 Å². The summed E-state index contributed by atoms with van der Waals surface area (Å²) in [5.74, 6) is 0. The van der Waals surface area contributed by atoms with Crippen molar-refractivity contribution in [1.82, 2.24) is 9.78 Å². The zero-order valence-electron chi connectivity index (χ0n) is 9.18. The lowest BCUT2D eigenvalue weighted by Gasteiger charge is -2.19. The van der Waals surface area contributed by atoms with Gasteiger partial charge in [0.2, 0.25) is 0 Å². The lowest BCUT2D eigenvalue weighted by molar-refractivity contribution is 0.0713. The van der Waals surface area contributed by atoms with Crippen LogP contribution < -0.4 is 0 Å². The van der Waals surface area contributed by atoms with Gasteiger partial charge in [0.15, 0.2) is 0 Å². The molecule has 0 radical (unpaired) electrons. The summed E-state index contributed by atoms with van der Waals surface area (Å²) in [5.41, 5.74) is 0.454. The van der Waals surface area contributed by atoms with E-state index < -0.39 is 5.60 Å². The molecule has 0 saturated heterocycles. The zero-order chi connectivity index (χ0) is 11.8. The lowest BCUT2D eigenvalue weighted by atomic mass is 10.1. The molecule has 4 heteroatoms. The Kier molecular flexibility index (Phi) is 2.74. The maximum absolute atomic E-state index is 10.1. The Morgan fingerprint density at radius 2 is 1.88 bits per heavy atom. The minimum Gasteiger partial charge on any atom is -0.384 e. The van der Waals surface area contributed by atoms with Crippen LogP contribution in [0.3, 0.4) is 0 Å². The molecule has 3 nitrogen and oxygen atoms in total. The van der Waals surface area contributed by atoms with Crippen molar-refractivity contribution in [1.29, 1.82) is 0 Å². The molecule has 1 aromatic carbocycles. The van der Waals surface area contributed by atoms with E-state index in [0.29, 0.717) is 10.7 Å².